The van der Waals surface area contributed by atoms with Gasteiger partial charge in [0, 0.05) is 23.6 Å². The fourth-order valence-corrected chi connectivity index (χ4v) is 2.85. The third-order valence-electron chi connectivity index (χ3n) is 3.32. The maximum absolute atomic E-state index is 13.0. The maximum Gasteiger partial charge on any atom is 0.255 e. The molecule has 0 radical (unpaired) electrons. The quantitative estimate of drug-likeness (QED) is 0.912. The molecule has 1 aromatic rings. The van der Waals surface area contributed by atoms with Gasteiger partial charge in [0.05, 0.1) is 5.56 Å². The summed E-state index contributed by atoms with van der Waals surface area (Å²) in [7, 11) is 0. The molecule has 0 spiro atoms. The van der Waals surface area contributed by atoms with E-state index in [1.807, 2.05) is 4.90 Å². The highest BCUT2D eigenvalue weighted by Crippen LogP contribution is 2.24. The van der Waals surface area contributed by atoms with Gasteiger partial charge in [-0.1, -0.05) is 0 Å². The van der Waals surface area contributed by atoms with Gasteiger partial charge in [-0.25, -0.2) is 4.39 Å². The van der Waals surface area contributed by atoms with Gasteiger partial charge in [-0.3, -0.25) is 4.79 Å². The normalized spacial score (nSPS) is 19.9. The van der Waals surface area contributed by atoms with E-state index in [1.165, 1.54) is 18.2 Å². The lowest BCUT2D eigenvalue weighted by atomic mass is 10.0. The summed E-state index contributed by atoms with van der Waals surface area (Å²) in [5, 5.41) is 0. The van der Waals surface area contributed by atoms with Crippen molar-refractivity contribution in [2.24, 2.45) is 5.73 Å². The number of likely N-dealkylation sites (tertiary alicyclic amines) is 1. The standard InChI is InChI=1S/C13H16BrFN2O/c14-12-7-9(15)4-5-11(12)13(18)17-6-2-1-3-10(17)8-16/h4-5,7,10H,1-3,6,8,16H2. The lowest BCUT2D eigenvalue weighted by molar-refractivity contribution is 0.0622. The molecule has 0 bridgehead atoms. The fraction of sp³-hybridized carbons (Fsp3) is 0.462. The Hall–Kier alpha value is -0.940. The molecule has 3 nitrogen and oxygen atoms in total. The maximum atomic E-state index is 13.0. The molecule has 1 aromatic carbocycles. The number of piperidine rings is 1. The van der Waals surface area contributed by atoms with E-state index in [-0.39, 0.29) is 17.8 Å². The summed E-state index contributed by atoms with van der Waals surface area (Å²) in [6, 6.07) is 4.24. The van der Waals surface area contributed by atoms with Crippen molar-refractivity contribution in [3.05, 3.63) is 34.1 Å². The van der Waals surface area contributed by atoms with Crippen LogP contribution in [-0.4, -0.2) is 29.9 Å². The first-order valence-electron chi connectivity index (χ1n) is 6.09. The Morgan fingerprint density at radius 3 is 2.94 bits per heavy atom. The van der Waals surface area contributed by atoms with Crippen LogP contribution in [0.5, 0.6) is 0 Å². The lowest BCUT2D eigenvalue weighted by Gasteiger charge is -2.35. The number of rotatable bonds is 2. The average Bonchev–Trinajstić information content (AvgIpc) is 2.38. The van der Waals surface area contributed by atoms with Crippen molar-refractivity contribution in [2.45, 2.75) is 25.3 Å². The molecule has 2 rings (SSSR count). The molecule has 2 N–H and O–H groups in total. The number of amides is 1. The summed E-state index contributed by atoms with van der Waals surface area (Å²) in [5.74, 6) is -0.426. The van der Waals surface area contributed by atoms with E-state index in [0.29, 0.717) is 16.6 Å². The van der Waals surface area contributed by atoms with Crippen molar-refractivity contribution >= 4 is 21.8 Å². The fourth-order valence-electron chi connectivity index (χ4n) is 2.33. The first-order chi connectivity index (χ1) is 8.63. The van der Waals surface area contributed by atoms with Gasteiger partial charge >= 0.3 is 0 Å². The monoisotopic (exact) mass is 314 g/mol. The molecule has 1 aliphatic rings. The van der Waals surface area contributed by atoms with Crippen LogP contribution in [-0.2, 0) is 0 Å². The van der Waals surface area contributed by atoms with Gasteiger partial charge in [0.25, 0.3) is 5.91 Å². The number of nitrogens with two attached hydrogens (primary N) is 1. The Kier molecular flexibility index (Phi) is 4.35. The minimum absolute atomic E-state index is 0.0722. The Balaban J connectivity index is 2.24. The van der Waals surface area contributed by atoms with E-state index >= 15 is 0 Å². The largest absolute Gasteiger partial charge is 0.334 e. The van der Waals surface area contributed by atoms with Crippen LogP contribution in [0.3, 0.4) is 0 Å². The van der Waals surface area contributed by atoms with E-state index in [9.17, 15) is 9.18 Å². The van der Waals surface area contributed by atoms with Gasteiger partial charge in [-0.2, -0.15) is 0 Å². The van der Waals surface area contributed by atoms with Crippen LogP contribution < -0.4 is 5.73 Å². The number of carbonyl (C=O) groups is 1. The second-order valence-electron chi connectivity index (χ2n) is 4.51. The molecule has 1 fully saturated rings. The molecule has 5 heteroatoms. The number of hydrogen-bond acceptors (Lipinski definition) is 2. The highest BCUT2D eigenvalue weighted by atomic mass is 79.9. The summed E-state index contributed by atoms with van der Waals surface area (Å²) in [4.78, 5) is 14.2. The number of carbonyl (C=O) groups excluding carboxylic acids is 1. The predicted octanol–water partition coefficient (Wildman–Crippen LogP) is 2.54. The highest BCUT2D eigenvalue weighted by Gasteiger charge is 2.27. The van der Waals surface area contributed by atoms with Crippen LogP contribution in [0.25, 0.3) is 0 Å². The molecule has 1 saturated heterocycles. The van der Waals surface area contributed by atoms with Crippen LogP contribution in [0.1, 0.15) is 29.6 Å². The van der Waals surface area contributed by atoms with E-state index in [4.69, 9.17) is 5.73 Å². The zero-order valence-corrected chi connectivity index (χ0v) is 11.6. The molecule has 98 valence electrons. The van der Waals surface area contributed by atoms with E-state index in [1.54, 1.807) is 0 Å². The third-order valence-corrected chi connectivity index (χ3v) is 3.98. The van der Waals surface area contributed by atoms with Gasteiger partial charge in [0.2, 0.25) is 0 Å². The van der Waals surface area contributed by atoms with Gasteiger partial charge in [-0.05, 0) is 53.4 Å². The smallest absolute Gasteiger partial charge is 0.255 e. The van der Waals surface area contributed by atoms with Gasteiger partial charge in [-0.15, -0.1) is 0 Å². The average molecular weight is 315 g/mol. The summed E-state index contributed by atoms with van der Waals surface area (Å²) in [5.41, 5.74) is 6.20. The zero-order chi connectivity index (χ0) is 13.1. The highest BCUT2D eigenvalue weighted by molar-refractivity contribution is 9.10. The topological polar surface area (TPSA) is 46.3 Å². The Morgan fingerprint density at radius 1 is 1.50 bits per heavy atom. The number of nitrogens with zero attached hydrogens (tertiary/aromatic N) is 1. The van der Waals surface area contributed by atoms with Crippen LogP contribution in [0.4, 0.5) is 4.39 Å². The summed E-state index contributed by atoms with van der Waals surface area (Å²) >= 11 is 3.24. The first-order valence-corrected chi connectivity index (χ1v) is 6.89. The van der Waals surface area contributed by atoms with Crippen molar-refractivity contribution < 1.29 is 9.18 Å². The van der Waals surface area contributed by atoms with Crippen LogP contribution in [0, 0.1) is 5.82 Å². The van der Waals surface area contributed by atoms with Crippen LogP contribution in [0.15, 0.2) is 22.7 Å². The molecule has 0 aliphatic carbocycles. The molecule has 0 saturated carbocycles. The van der Waals surface area contributed by atoms with Crippen molar-refractivity contribution in [1.29, 1.82) is 0 Å². The van der Waals surface area contributed by atoms with E-state index in [0.717, 1.165) is 25.8 Å². The molecule has 1 amide bonds. The molecule has 18 heavy (non-hydrogen) atoms. The third kappa shape index (κ3) is 2.72. The molecule has 0 aromatic heterocycles. The van der Waals surface area contributed by atoms with Gasteiger partial charge < -0.3 is 10.6 Å². The second kappa shape index (κ2) is 5.80. The minimum atomic E-state index is -0.354. The lowest BCUT2D eigenvalue weighted by Crippen LogP contribution is -2.47. The Morgan fingerprint density at radius 2 is 2.28 bits per heavy atom. The number of hydrogen-bond donors (Lipinski definition) is 1. The number of benzene rings is 1. The van der Waals surface area contributed by atoms with E-state index in [2.05, 4.69) is 15.9 Å². The summed E-state index contributed by atoms with van der Waals surface area (Å²) < 4.78 is 13.5. The minimum Gasteiger partial charge on any atom is -0.334 e. The Bertz CT molecular complexity index is 453. The SMILES string of the molecule is NCC1CCCCN1C(=O)c1ccc(F)cc1Br. The van der Waals surface area contributed by atoms with Gasteiger partial charge in [0.1, 0.15) is 5.82 Å². The molecule has 1 atom stereocenters. The van der Waals surface area contributed by atoms with Gasteiger partial charge in [0.15, 0.2) is 0 Å². The van der Waals surface area contributed by atoms with Crippen molar-refractivity contribution in [3.63, 3.8) is 0 Å². The molecular formula is C13H16BrFN2O. The van der Waals surface area contributed by atoms with Crippen molar-refractivity contribution in [3.8, 4) is 0 Å². The molecular weight excluding hydrogens is 299 g/mol. The number of halogens is 2. The zero-order valence-electron chi connectivity index (χ0n) is 10.0. The second-order valence-corrected chi connectivity index (χ2v) is 5.36. The van der Waals surface area contributed by atoms with Crippen LogP contribution in [0.2, 0.25) is 0 Å². The van der Waals surface area contributed by atoms with E-state index < -0.39 is 0 Å². The molecule has 1 unspecified atom stereocenters. The van der Waals surface area contributed by atoms with Crippen LogP contribution >= 0.6 is 15.9 Å². The first kappa shape index (κ1) is 13.5. The predicted molar refractivity (Wildman–Crippen MR) is 71.8 cm³/mol. The summed E-state index contributed by atoms with van der Waals surface area (Å²) in [6.45, 7) is 1.20. The molecule has 1 heterocycles. The summed E-state index contributed by atoms with van der Waals surface area (Å²) in [6.07, 6.45) is 3.05. The Labute approximate surface area is 114 Å². The van der Waals surface area contributed by atoms with Crippen molar-refractivity contribution in [2.75, 3.05) is 13.1 Å². The molecule has 1 aliphatic heterocycles. The van der Waals surface area contributed by atoms with Crippen molar-refractivity contribution in [1.82, 2.24) is 4.90 Å².